The summed E-state index contributed by atoms with van der Waals surface area (Å²) in [5.41, 5.74) is 0.599. The van der Waals surface area contributed by atoms with Gasteiger partial charge in [-0.25, -0.2) is 9.37 Å². The number of aromatic nitrogens is 3. The second-order valence-corrected chi connectivity index (χ2v) is 4.36. The van der Waals surface area contributed by atoms with E-state index in [4.69, 9.17) is 11.6 Å². The van der Waals surface area contributed by atoms with Gasteiger partial charge in [-0.05, 0) is 30.7 Å². The van der Waals surface area contributed by atoms with Crippen molar-refractivity contribution in [3.63, 3.8) is 0 Å². The first-order valence-electron chi connectivity index (χ1n) is 5.73. The molecule has 2 N–H and O–H groups in total. The summed E-state index contributed by atoms with van der Waals surface area (Å²) in [6, 6.07) is 4.61. The maximum Gasteiger partial charge on any atom is 0.141 e. The van der Waals surface area contributed by atoms with Gasteiger partial charge in [-0.3, -0.25) is 5.10 Å². The number of hydrogen-bond donors (Lipinski definition) is 2. The van der Waals surface area contributed by atoms with E-state index in [1.807, 2.05) is 6.92 Å². The molecule has 0 amide bonds. The molecule has 0 aliphatic carbocycles. The van der Waals surface area contributed by atoms with Gasteiger partial charge in [0.25, 0.3) is 0 Å². The molecule has 0 fully saturated rings. The third-order valence-corrected chi connectivity index (χ3v) is 2.89. The van der Waals surface area contributed by atoms with Gasteiger partial charge in [0.2, 0.25) is 0 Å². The molecule has 1 unspecified atom stereocenters. The van der Waals surface area contributed by atoms with E-state index in [1.54, 1.807) is 12.1 Å². The van der Waals surface area contributed by atoms with E-state index in [-0.39, 0.29) is 11.9 Å². The zero-order chi connectivity index (χ0) is 13.0. The molecule has 0 saturated carbocycles. The maximum absolute atomic E-state index is 13.7. The van der Waals surface area contributed by atoms with Gasteiger partial charge in [0.05, 0.1) is 6.04 Å². The van der Waals surface area contributed by atoms with Crippen molar-refractivity contribution in [1.82, 2.24) is 20.5 Å². The second-order valence-electron chi connectivity index (χ2n) is 3.92. The SMILES string of the molecule is CCNC(Cc1ccc(Cl)cc1F)c1ncn[nH]1. The topological polar surface area (TPSA) is 53.6 Å². The van der Waals surface area contributed by atoms with Gasteiger partial charge in [0, 0.05) is 5.02 Å². The van der Waals surface area contributed by atoms with Crippen LogP contribution >= 0.6 is 11.6 Å². The highest BCUT2D eigenvalue weighted by Crippen LogP contribution is 2.20. The number of benzene rings is 1. The van der Waals surface area contributed by atoms with Crippen LogP contribution in [-0.4, -0.2) is 21.7 Å². The molecule has 1 aromatic carbocycles. The quantitative estimate of drug-likeness (QED) is 0.876. The summed E-state index contributed by atoms with van der Waals surface area (Å²) < 4.78 is 13.7. The molecule has 0 bridgehead atoms. The fraction of sp³-hybridized carbons (Fsp3) is 0.333. The minimum absolute atomic E-state index is 0.0897. The summed E-state index contributed by atoms with van der Waals surface area (Å²) in [6.07, 6.45) is 1.93. The highest BCUT2D eigenvalue weighted by molar-refractivity contribution is 6.30. The van der Waals surface area contributed by atoms with E-state index in [2.05, 4.69) is 20.5 Å². The van der Waals surface area contributed by atoms with Crippen molar-refractivity contribution in [2.45, 2.75) is 19.4 Å². The summed E-state index contributed by atoms with van der Waals surface area (Å²) in [4.78, 5) is 4.10. The zero-order valence-corrected chi connectivity index (χ0v) is 10.7. The molecule has 0 radical (unpaired) electrons. The second kappa shape index (κ2) is 5.93. The van der Waals surface area contributed by atoms with E-state index >= 15 is 0 Å². The summed E-state index contributed by atoms with van der Waals surface area (Å²) in [5, 5.41) is 10.3. The van der Waals surface area contributed by atoms with Crippen LogP contribution in [0.5, 0.6) is 0 Å². The highest BCUT2D eigenvalue weighted by Gasteiger charge is 2.16. The monoisotopic (exact) mass is 268 g/mol. The van der Waals surface area contributed by atoms with Gasteiger partial charge >= 0.3 is 0 Å². The van der Waals surface area contributed by atoms with Crippen molar-refractivity contribution in [2.75, 3.05) is 6.54 Å². The fourth-order valence-electron chi connectivity index (χ4n) is 1.80. The minimum atomic E-state index is -0.301. The molecule has 0 aliphatic heterocycles. The molecule has 0 spiro atoms. The van der Waals surface area contributed by atoms with Crippen molar-refractivity contribution in [3.8, 4) is 0 Å². The Bertz CT molecular complexity index is 501. The van der Waals surface area contributed by atoms with Crippen LogP contribution in [0.3, 0.4) is 0 Å². The molecule has 1 heterocycles. The molecular weight excluding hydrogens is 255 g/mol. The summed E-state index contributed by atoms with van der Waals surface area (Å²) in [5.74, 6) is 0.399. The number of likely N-dealkylation sites (N-methyl/N-ethyl adjacent to an activating group) is 1. The molecule has 96 valence electrons. The van der Waals surface area contributed by atoms with E-state index in [0.29, 0.717) is 22.8 Å². The number of rotatable bonds is 5. The lowest BCUT2D eigenvalue weighted by Gasteiger charge is -2.15. The fourth-order valence-corrected chi connectivity index (χ4v) is 1.96. The zero-order valence-electron chi connectivity index (χ0n) is 9.95. The number of aromatic amines is 1. The molecular formula is C12H14ClFN4. The van der Waals surface area contributed by atoms with Crippen LogP contribution in [0.15, 0.2) is 24.5 Å². The molecule has 2 aromatic rings. The predicted octanol–water partition coefficient (Wildman–Crippen LogP) is 2.49. The van der Waals surface area contributed by atoms with Crippen molar-refractivity contribution >= 4 is 11.6 Å². The lowest BCUT2D eigenvalue weighted by molar-refractivity contribution is 0.507. The third kappa shape index (κ3) is 3.05. The van der Waals surface area contributed by atoms with E-state index in [9.17, 15) is 4.39 Å². The van der Waals surface area contributed by atoms with Gasteiger partial charge in [0.1, 0.15) is 18.0 Å². The molecule has 0 saturated heterocycles. The lowest BCUT2D eigenvalue weighted by Crippen LogP contribution is -2.24. The average molecular weight is 269 g/mol. The molecule has 0 aliphatic rings. The predicted molar refractivity (Wildman–Crippen MR) is 67.9 cm³/mol. The van der Waals surface area contributed by atoms with Crippen molar-refractivity contribution < 1.29 is 4.39 Å². The van der Waals surface area contributed by atoms with Gasteiger partial charge in [-0.2, -0.15) is 5.10 Å². The van der Waals surface area contributed by atoms with Crippen LogP contribution in [0.2, 0.25) is 5.02 Å². The summed E-state index contributed by atoms with van der Waals surface area (Å²) in [6.45, 7) is 2.75. The molecule has 18 heavy (non-hydrogen) atoms. The van der Waals surface area contributed by atoms with E-state index in [0.717, 1.165) is 6.54 Å². The number of hydrogen-bond acceptors (Lipinski definition) is 3. The first-order chi connectivity index (χ1) is 8.70. The van der Waals surface area contributed by atoms with Crippen LogP contribution in [0.1, 0.15) is 24.4 Å². The van der Waals surface area contributed by atoms with Crippen LogP contribution in [0, 0.1) is 5.82 Å². The van der Waals surface area contributed by atoms with E-state index < -0.39 is 0 Å². The van der Waals surface area contributed by atoms with Crippen LogP contribution in [0.25, 0.3) is 0 Å². The number of nitrogens with one attached hydrogen (secondary N) is 2. The Morgan fingerprint density at radius 2 is 2.33 bits per heavy atom. The van der Waals surface area contributed by atoms with Crippen LogP contribution in [-0.2, 0) is 6.42 Å². The Balaban J connectivity index is 2.18. The maximum atomic E-state index is 13.7. The Labute approximate surface area is 110 Å². The standard InChI is InChI=1S/C12H14ClFN4/c1-2-15-11(12-16-7-17-18-12)5-8-3-4-9(13)6-10(8)14/h3-4,6-7,11,15H,2,5H2,1H3,(H,16,17,18). The molecule has 6 heteroatoms. The van der Waals surface area contributed by atoms with Crippen molar-refractivity contribution in [3.05, 3.63) is 46.8 Å². The highest BCUT2D eigenvalue weighted by atomic mass is 35.5. The first-order valence-corrected chi connectivity index (χ1v) is 6.11. The first kappa shape index (κ1) is 13.0. The Morgan fingerprint density at radius 1 is 1.50 bits per heavy atom. The van der Waals surface area contributed by atoms with Crippen LogP contribution < -0.4 is 5.32 Å². The van der Waals surface area contributed by atoms with Crippen molar-refractivity contribution in [1.29, 1.82) is 0 Å². The molecule has 1 atom stereocenters. The van der Waals surface area contributed by atoms with Crippen LogP contribution in [0.4, 0.5) is 4.39 Å². The lowest BCUT2D eigenvalue weighted by atomic mass is 10.0. The smallest absolute Gasteiger partial charge is 0.141 e. The average Bonchev–Trinajstić information content (AvgIpc) is 2.85. The number of nitrogens with zero attached hydrogens (tertiary/aromatic N) is 2. The van der Waals surface area contributed by atoms with Gasteiger partial charge < -0.3 is 5.32 Å². The summed E-state index contributed by atoms with van der Waals surface area (Å²) in [7, 11) is 0. The van der Waals surface area contributed by atoms with Gasteiger partial charge in [-0.15, -0.1) is 0 Å². The Kier molecular flexibility index (Phi) is 4.28. The van der Waals surface area contributed by atoms with Gasteiger partial charge in [-0.1, -0.05) is 24.6 Å². The molecule has 2 rings (SSSR count). The van der Waals surface area contributed by atoms with E-state index in [1.165, 1.54) is 12.4 Å². The molecule has 1 aromatic heterocycles. The Morgan fingerprint density at radius 3 is 2.94 bits per heavy atom. The van der Waals surface area contributed by atoms with Gasteiger partial charge in [0.15, 0.2) is 0 Å². The summed E-state index contributed by atoms with van der Waals surface area (Å²) >= 11 is 5.73. The van der Waals surface area contributed by atoms with Crippen molar-refractivity contribution in [2.24, 2.45) is 0 Å². The minimum Gasteiger partial charge on any atom is -0.307 e. The largest absolute Gasteiger partial charge is 0.307 e. The number of H-pyrrole nitrogens is 1. The third-order valence-electron chi connectivity index (χ3n) is 2.65. The normalized spacial score (nSPS) is 12.6. The number of halogens is 2. The Hall–Kier alpha value is -1.46. The molecule has 4 nitrogen and oxygen atoms in total.